The fourth-order valence-electron chi connectivity index (χ4n) is 2.12. The Morgan fingerprint density at radius 2 is 2.05 bits per heavy atom. The van der Waals surface area contributed by atoms with Crippen LogP contribution in [0.3, 0.4) is 0 Å². The van der Waals surface area contributed by atoms with Crippen LogP contribution in [-0.4, -0.2) is 12.5 Å². The van der Waals surface area contributed by atoms with Crippen LogP contribution in [0.5, 0.6) is 0 Å². The summed E-state index contributed by atoms with van der Waals surface area (Å²) in [7, 11) is 0. The van der Waals surface area contributed by atoms with E-state index in [4.69, 9.17) is 0 Å². The van der Waals surface area contributed by atoms with Crippen molar-refractivity contribution in [1.82, 2.24) is 5.32 Å². The van der Waals surface area contributed by atoms with Crippen molar-refractivity contribution in [1.29, 1.82) is 0 Å². The summed E-state index contributed by atoms with van der Waals surface area (Å²) in [6, 6.07) is 6.51. The van der Waals surface area contributed by atoms with Crippen molar-refractivity contribution in [2.24, 2.45) is 0 Å². The van der Waals surface area contributed by atoms with Crippen LogP contribution in [-0.2, 0) is 17.6 Å². The lowest BCUT2D eigenvalue weighted by Crippen LogP contribution is -2.24. The molecule has 0 fully saturated rings. The molecule has 1 aromatic carbocycles. The first-order valence-electron chi connectivity index (χ1n) is 7.08. The van der Waals surface area contributed by atoms with Gasteiger partial charge in [0, 0.05) is 13.0 Å². The molecule has 0 aliphatic heterocycles. The number of rotatable bonds is 7. The molecule has 1 N–H and O–H groups in total. The van der Waals surface area contributed by atoms with E-state index in [1.54, 1.807) is 0 Å². The molecule has 0 aliphatic rings. The minimum Gasteiger partial charge on any atom is -0.356 e. The van der Waals surface area contributed by atoms with E-state index < -0.39 is 0 Å². The minimum atomic E-state index is 0.0784. The van der Waals surface area contributed by atoms with Crippen molar-refractivity contribution >= 4 is 5.91 Å². The van der Waals surface area contributed by atoms with Gasteiger partial charge in [-0.3, -0.25) is 4.79 Å². The van der Waals surface area contributed by atoms with Crippen molar-refractivity contribution < 1.29 is 4.79 Å². The Morgan fingerprint density at radius 1 is 1.32 bits per heavy atom. The third kappa shape index (κ3) is 5.29. The first-order chi connectivity index (χ1) is 9.06. The van der Waals surface area contributed by atoms with Crippen molar-refractivity contribution in [3.63, 3.8) is 0 Å². The summed E-state index contributed by atoms with van der Waals surface area (Å²) in [5.41, 5.74) is 4.92. The normalized spacial score (nSPS) is 10.3. The molecule has 2 nitrogen and oxygen atoms in total. The highest BCUT2D eigenvalue weighted by Crippen LogP contribution is 2.15. The number of carbonyl (C=O) groups excluding carboxylic acids is 1. The van der Waals surface area contributed by atoms with Crippen molar-refractivity contribution in [3.8, 4) is 0 Å². The minimum absolute atomic E-state index is 0.0784. The van der Waals surface area contributed by atoms with E-state index in [0.29, 0.717) is 6.42 Å². The SMILES string of the molecule is C=C(CC(=O)NCCC)Cc1ccc(C)c(CC)c1. The molecule has 19 heavy (non-hydrogen) atoms. The van der Waals surface area contributed by atoms with Crippen LogP contribution in [0.2, 0.25) is 0 Å². The van der Waals surface area contributed by atoms with Crippen molar-refractivity contribution in [2.45, 2.75) is 46.5 Å². The molecule has 0 radical (unpaired) electrons. The van der Waals surface area contributed by atoms with Crippen LogP contribution in [0.4, 0.5) is 0 Å². The highest BCUT2D eigenvalue weighted by molar-refractivity contribution is 5.78. The number of carbonyl (C=O) groups is 1. The number of hydrogen-bond donors (Lipinski definition) is 1. The van der Waals surface area contributed by atoms with Crippen molar-refractivity contribution in [3.05, 3.63) is 47.0 Å². The number of benzene rings is 1. The molecule has 104 valence electrons. The summed E-state index contributed by atoms with van der Waals surface area (Å²) in [5.74, 6) is 0.0784. The number of aryl methyl sites for hydroxylation is 2. The van der Waals surface area contributed by atoms with Crippen LogP contribution in [0.15, 0.2) is 30.4 Å². The van der Waals surface area contributed by atoms with Gasteiger partial charge >= 0.3 is 0 Å². The molecule has 1 aromatic rings. The zero-order valence-corrected chi connectivity index (χ0v) is 12.4. The van der Waals surface area contributed by atoms with Crippen molar-refractivity contribution in [2.75, 3.05) is 6.54 Å². The lowest BCUT2D eigenvalue weighted by Gasteiger charge is -2.09. The van der Waals surface area contributed by atoms with Gasteiger partial charge in [0.1, 0.15) is 0 Å². The largest absolute Gasteiger partial charge is 0.356 e. The molecule has 0 aliphatic carbocycles. The third-order valence-electron chi connectivity index (χ3n) is 3.23. The van der Waals surface area contributed by atoms with E-state index in [0.717, 1.165) is 31.4 Å². The molecular weight excluding hydrogens is 234 g/mol. The Labute approximate surface area is 116 Å². The quantitative estimate of drug-likeness (QED) is 0.745. The highest BCUT2D eigenvalue weighted by atomic mass is 16.1. The number of nitrogens with one attached hydrogen (secondary N) is 1. The fourth-order valence-corrected chi connectivity index (χ4v) is 2.12. The van der Waals surface area contributed by atoms with Gasteiger partial charge in [-0.05, 0) is 42.9 Å². The Kier molecular flexibility index (Phi) is 6.34. The lowest BCUT2D eigenvalue weighted by molar-refractivity contribution is -0.120. The summed E-state index contributed by atoms with van der Waals surface area (Å²) < 4.78 is 0. The molecule has 0 aromatic heterocycles. The maximum Gasteiger partial charge on any atom is 0.224 e. The molecule has 1 amide bonds. The maximum absolute atomic E-state index is 11.6. The zero-order chi connectivity index (χ0) is 14.3. The van der Waals surface area contributed by atoms with Gasteiger partial charge in [0.25, 0.3) is 0 Å². The Bertz CT molecular complexity index is 449. The van der Waals surface area contributed by atoms with Gasteiger partial charge < -0.3 is 5.32 Å². The molecule has 0 saturated carbocycles. The van der Waals surface area contributed by atoms with E-state index in [1.165, 1.54) is 16.7 Å². The van der Waals surface area contributed by atoms with Crippen LogP contribution in [0, 0.1) is 6.92 Å². The molecule has 0 atom stereocenters. The maximum atomic E-state index is 11.6. The topological polar surface area (TPSA) is 29.1 Å². The monoisotopic (exact) mass is 259 g/mol. The van der Waals surface area contributed by atoms with Gasteiger partial charge in [-0.15, -0.1) is 0 Å². The third-order valence-corrected chi connectivity index (χ3v) is 3.23. The van der Waals surface area contributed by atoms with Crippen LogP contribution in [0.1, 0.15) is 43.4 Å². The van der Waals surface area contributed by atoms with Gasteiger partial charge in [0.2, 0.25) is 5.91 Å². The predicted octanol–water partition coefficient (Wildman–Crippen LogP) is 3.57. The summed E-state index contributed by atoms with van der Waals surface area (Å²) in [4.78, 5) is 11.6. The molecular formula is C17H25NO. The second-order valence-electron chi connectivity index (χ2n) is 5.07. The summed E-state index contributed by atoms with van der Waals surface area (Å²) in [5, 5.41) is 2.88. The van der Waals surface area contributed by atoms with Gasteiger partial charge in [-0.1, -0.05) is 44.2 Å². The molecule has 0 unspecified atom stereocenters. The van der Waals surface area contributed by atoms with Crippen LogP contribution < -0.4 is 5.32 Å². The van der Waals surface area contributed by atoms with Gasteiger partial charge in [0.15, 0.2) is 0 Å². The van der Waals surface area contributed by atoms with Gasteiger partial charge in [-0.25, -0.2) is 0 Å². The van der Waals surface area contributed by atoms with E-state index >= 15 is 0 Å². The smallest absolute Gasteiger partial charge is 0.224 e. The van der Waals surface area contributed by atoms with E-state index in [-0.39, 0.29) is 5.91 Å². The van der Waals surface area contributed by atoms with Gasteiger partial charge in [-0.2, -0.15) is 0 Å². The van der Waals surface area contributed by atoms with Gasteiger partial charge in [0.05, 0.1) is 0 Å². The average Bonchev–Trinajstić information content (AvgIpc) is 2.38. The Balaban J connectivity index is 2.55. The molecule has 0 saturated heterocycles. The predicted molar refractivity (Wildman–Crippen MR) is 81.3 cm³/mol. The Morgan fingerprint density at radius 3 is 2.68 bits per heavy atom. The second-order valence-corrected chi connectivity index (χ2v) is 5.07. The number of hydrogen-bond acceptors (Lipinski definition) is 1. The summed E-state index contributed by atoms with van der Waals surface area (Å²) >= 11 is 0. The number of amides is 1. The second kappa shape index (κ2) is 7.78. The standard InChI is InChI=1S/C17H25NO/c1-5-9-18-17(19)11-13(3)10-15-8-7-14(4)16(6-2)12-15/h7-8,12H,3,5-6,9-11H2,1-2,4H3,(H,18,19). The van der Waals surface area contributed by atoms with E-state index in [9.17, 15) is 4.79 Å². The fraction of sp³-hybridized carbons (Fsp3) is 0.471. The lowest BCUT2D eigenvalue weighted by atomic mass is 9.98. The molecule has 2 heteroatoms. The summed E-state index contributed by atoms with van der Waals surface area (Å²) in [6.07, 6.45) is 3.22. The van der Waals surface area contributed by atoms with E-state index in [2.05, 4.69) is 43.9 Å². The zero-order valence-electron chi connectivity index (χ0n) is 12.4. The van der Waals surface area contributed by atoms with E-state index in [1.807, 2.05) is 6.92 Å². The molecule has 0 bridgehead atoms. The highest BCUT2D eigenvalue weighted by Gasteiger charge is 2.05. The van der Waals surface area contributed by atoms with Crippen LogP contribution in [0.25, 0.3) is 0 Å². The Hall–Kier alpha value is -1.57. The molecule has 1 rings (SSSR count). The first-order valence-corrected chi connectivity index (χ1v) is 7.08. The molecule has 0 heterocycles. The van der Waals surface area contributed by atoms with Crippen LogP contribution >= 0.6 is 0 Å². The molecule has 0 spiro atoms. The first kappa shape index (κ1) is 15.5. The average molecular weight is 259 g/mol. The summed E-state index contributed by atoms with van der Waals surface area (Å²) in [6.45, 7) is 11.1.